The van der Waals surface area contributed by atoms with E-state index in [1.165, 1.54) is 0 Å². The van der Waals surface area contributed by atoms with Crippen LogP contribution in [0.4, 0.5) is 5.69 Å². The Balaban J connectivity index is 2.05. The van der Waals surface area contributed by atoms with Gasteiger partial charge in [-0.15, -0.1) is 0 Å². The van der Waals surface area contributed by atoms with Crippen LogP contribution in [0.2, 0.25) is 5.02 Å². The lowest BCUT2D eigenvalue weighted by atomic mass is 10.0. The van der Waals surface area contributed by atoms with Gasteiger partial charge in [-0.1, -0.05) is 11.6 Å². The van der Waals surface area contributed by atoms with Gasteiger partial charge in [0.2, 0.25) is 5.91 Å². The Bertz CT molecular complexity index is 442. The summed E-state index contributed by atoms with van der Waals surface area (Å²) in [7, 11) is 2.13. The molecule has 1 aliphatic heterocycles. The molecule has 0 saturated carbocycles. The molecule has 0 bridgehead atoms. The lowest BCUT2D eigenvalue weighted by Gasteiger charge is -2.30. The van der Waals surface area contributed by atoms with Gasteiger partial charge < -0.3 is 16.0 Å². The standard InChI is InChI=1S/C13H18ClN3O/c1-17-6-4-9(5-7-17)16-10-2-3-12(14)11(8-10)13(15)18/h2-3,8-9,16H,4-7H2,1H3,(H2,15,18). The number of hydrogen-bond donors (Lipinski definition) is 2. The first kappa shape index (κ1) is 13.2. The topological polar surface area (TPSA) is 58.4 Å². The highest BCUT2D eigenvalue weighted by Crippen LogP contribution is 2.22. The molecule has 1 saturated heterocycles. The number of nitrogens with one attached hydrogen (secondary N) is 1. The molecular weight excluding hydrogens is 250 g/mol. The maximum Gasteiger partial charge on any atom is 0.250 e. The van der Waals surface area contributed by atoms with Crippen LogP contribution in [0.1, 0.15) is 23.2 Å². The van der Waals surface area contributed by atoms with E-state index in [1.54, 1.807) is 12.1 Å². The molecule has 0 atom stereocenters. The fourth-order valence-corrected chi connectivity index (χ4v) is 2.40. The Morgan fingerprint density at radius 2 is 2.11 bits per heavy atom. The van der Waals surface area contributed by atoms with Crippen LogP contribution in [0.3, 0.4) is 0 Å². The summed E-state index contributed by atoms with van der Waals surface area (Å²) in [6, 6.07) is 5.76. The third kappa shape index (κ3) is 3.15. The number of nitrogens with zero attached hydrogens (tertiary/aromatic N) is 1. The fourth-order valence-electron chi connectivity index (χ4n) is 2.19. The minimum absolute atomic E-state index is 0.370. The Morgan fingerprint density at radius 1 is 1.44 bits per heavy atom. The minimum Gasteiger partial charge on any atom is -0.382 e. The van der Waals surface area contributed by atoms with Gasteiger partial charge in [-0.2, -0.15) is 0 Å². The van der Waals surface area contributed by atoms with Crippen molar-refractivity contribution < 1.29 is 4.79 Å². The lowest BCUT2D eigenvalue weighted by molar-refractivity contribution is 0.100. The van der Waals surface area contributed by atoms with Gasteiger partial charge in [-0.3, -0.25) is 4.79 Å². The average Bonchev–Trinajstić information content (AvgIpc) is 2.34. The van der Waals surface area contributed by atoms with Gasteiger partial charge in [0.05, 0.1) is 10.6 Å². The molecule has 1 amide bonds. The molecule has 1 aromatic rings. The predicted molar refractivity (Wildman–Crippen MR) is 74.1 cm³/mol. The molecule has 4 nitrogen and oxygen atoms in total. The molecule has 18 heavy (non-hydrogen) atoms. The lowest BCUT2D eigenvalue weighted by Crippen LogP contribution is -2.36. The normalized spacial score (nSPS) is 17.7. The van der Waals surface area contributed by atoms with E-state index in [4.69, 9.17) is 17.3 Å². The van der Waals surface area contributed by atoms with Crippen molar-refractivity contribution in [2.75, 3.05) is 25.5 Å². The van der Waals surface area contributed by atoms with E-state index in [-0.39, 0.29) is 0 Å². The highest BCUT2D eigenvalue weighted by atomic mass is 35.5. The molecule has 3 N–H and O–H groups in total. The van der Waals surface area contributed by atoms with E-state index in [2.05, 4.69) is 17.3 Å². The fraction of sp³-hybridized carbons (Fsp3) is 0.462. The van der Waals surface area contributed by atoms with Crippen LogP contribution >= 0.6 is 11.6 Å². The largest absolute Gasteiger partial charge is 0.382 e. The summed E-state index contributed by atoms with van der Waals surface area (Å²) >= 11 is 5.92. The smallest absolute Gasteiger partial charge is 0.250 e. The summed E-state index contributed by atoms with van der Waals surface area (Å²) in [6.07, 6.45) is 2.20. The second-order valence-electron chi connectivity index (χ2n) is 4.78. The van der Waals surface area contributed by atoms with Crippen LogP contribution in [-0.2, 0) is 0 Å². The molecule has 0 spiro atoms. The molecule has 0 aliphatic carbocycles. The zero-order chi connectivity index (χ0) is 13.1. The molecule has 0 unspecified atom stereocenters. The third-order valence-corrected chi connectivity index (χ3v) is 3.65. The van der Waals surface area contributed by atoms with E-state index >= 15 is 0 Å². The third-order valence-electron chi connectivity index (χ3n) is 3.32. The number of anilines is 1. The van der Waals surface area contributed by atoms with Crippen molar-refractivity contribution in [3.63, 3.8) is 0 Å². The van der Waals surface area contributed by atoms with Crippen LogP contribution in [0.25, 0.3) is 0 Å². The summed E-state index contributed by atoms with van der Waals surface area (Å²) in [4.78, 5) is 13.5. The summed E-state index contributed by atoms with van der Waals surface area (Å²) in [5, 5.41) is 3.83. The van der Waals surface area contributed by atoms with Crippen LogP contribution in [0.5, 0.6) is 0 Å². The van der Waals surface area contributed by atoms with E-state index in [0.717, 1.165) is 31.6 Å². The molecular formula is C13H18ClN3O. The number of hydrogen-bond acceptors (Lipinski definition) is 3. The molecule has 2 rings (SSSR count). The van der Waals surface area contributed by atoms with Gasteiger partial charge in [0.15, 0.2) is 0 Å². The molecule has 5 heteroatoms. The predicted octanol–water partition coefficient (Wildman–Crippen LogP) is 1.95. The molecule has 1 fully saturated rings. The first-order valence-electron chi connectivity index (χ1n) is 6.10. The van der Waals surface area contributed by atoms with E-state index in [0.29, 0.717) is 16.6 Å². The van der Waals surface area contributed by atoms with Crippen molar-refractivity contribution in [2.24, 2.45) is 5.73 Å². The van der Waals surface area contributed by atoms with Gasteiger partial charge in [-0.25, -0.2) is 0 Å². The van der Waals surface area contributed by atoms with Gasteiger partial charge >= 0.3 is 0 Å². The summed E-state index contributed by atoms with van der Waals surface area (Å²) in [5.74, 6) is -0.493. The van der Waals surface area contributed by atoms with Crippen molar-refractivity contribution in [3.8, 4) is 0 Å². The monoisotopic (exact) mass is 267 g/mol. The highest BCUT2D eigenvalue weighted by Gasteiger charge is 2.17. The molecule has 1 aliphatic rings. The maximum atomic E-state index is 11.2. The molecule has 98 valence electrons. The average molecular weight is 268 g/mol. The van der Waals surface area contributed by atoms with Crippen LogP contribution in [0.15, 0.2) is 18.2 Å². The Hall–Kier alpha value is -1.26. The number of halogens is 1. The number of carbonyl (C=O) groups is 1. The quantitative estimate of drug-likeness (QED) is 0.880. The number of primary amides is 1. The van der Waals surface area contributed by atoms with Gasteiger partial charge in [-0.05, 0) is 51.2 Å². The number of benzene rings is 1. The van der Waals surface area contributed by atoms with Crippen molar-refractivity contribution in [2.45, 2.75) is 18.9 Å². The second kappa shape index (κ2) is 5.59. The first-order valence-corrected chi connectivity index (χ1v) is 6.48. The van der Waals surface area contributed by atoms with Crippen LogP contribution in [-0.4, -0.2) is 37.0 Å². The zero-order valence-corrected chi connectivity index (χ0v) is 11.2. The number of piperidine rings is 1. The SMILES string of the molecule is CN1CCC(Nc2ccc(Cl)c(C(N)=O)c2)CC1. The summed E-state index contributed by atoms with van der Waals surface area (Å²) in [6.45, 7) is 2.18. The molecule has 1 aromatic carbocycles. The molecule has 0 aromatic heterocycles. The van der Waals surface area contributed by atoms with Crippen molar-refractivity contribution in [3.05, 3.63) is 28.8 Å². The zero-order valence-electron chi connectivity index (χ0n) is 10.4. The van der Waals surface area contributed by atoms with Gasteiger partial charge in [0.1, 0.15) is 0 Å². The number of nitrogens with two attached hydrogens (primary N) is 1. The highest BCUT2D eigenvalue weighted by molar-refractivity contribution is 6.33. The second-order valence-corrected chi connectivity index (χ2v) is 5.19. The van der Waals surface area contributed by atoms with Crippen LogP contribution < -0.4 is 11.1 Å². The number of amides is 1. The molecule has 0 radical (unpaired) electrons. The van der Waals surface area contributed by atoms with Gasteiger partial charge in [0.25, 0.3) is 0 Å². The maximum absolute atomic E-state index is 11.2. The van der Waals surface area contributed by atoms with Crippen molar-refractivity contribution in [1.29, 1.82) is 0 Å². The van der Waals surface area contributed by atoms with Crippen molar-refractivity contribution >= 4 is 23.2 Å². The summed E-state index contributed by atoms with van der Waals surface area (Å²) < 4.78 is 0. The number of carbonyl (C=O) groups excluding carboxylic acids is 1. The van der Waals surface area contributed by atoms with E-state index in [1.807, 2.05) is 6.07 Å². The van der Waals surface area contributed by atoms with Gasteiger partial charge in [0, 0.05) is 11.7 Å². The Kier molecular flexibility index (Phi) is 4.09. The minimum atomic E-state index is -0.493. The molecule has 1 heterocycles. The number of likely N-dealkylation sites (tertiary alicyclic amines) is 1. The summed E-state index contributed by atoms with van der Waals surface area (Å²) in [5.41, 5.74) is 6.55. The van der Waals surface area contributed by atoms with E-state index in [9.17, 15) is 4.79 Å². The number of rotatable bonds is 3. The Morgan fingerprint density at radius 3 is 2.72 bits per heavy atom. The first-order chi connectivity index (χ1) is 8.56. The van der Waals surface area contributed by atoms with Crippen LogP contribution in [0, 0.1) is 0 Å². The Labute approximate surface area is 112 Å². The van der Waals surface area contributed by atoms with Crippen molar-refractivity contribution in [1.82, 2.24) is 4.90 Å². The van der Waals surface area contributed by atoms with E-state index < -0.39 is 5.91 Å².